The number of amides is 1. The van der Waals surface area contributed by atoms with Gasteiger partial charge in [-0.3, -0.25) is 14.7 Å². The van der Waals surface area contributed by atoms with Gasteiger partial charge in [-0.1, -0.05) is 12.1 Å². The zero-order chi connectivity index (χ0) is 33.3. The number of carbonyl (C=O) groups is 3. The number of alkyl halides is 6. The molecule has 2 aliphatic heterocycles. The van der Waals surface area contributed by atoms with E-state index in [1.165, 1.54) is 11.6 Å². The van der Waals surface area contributed by atoms with E-state index in [9.17, 15) is 35.5 Å². The number of hydrogen-bond donors (Lipinski definition) is 2. The Morgan fingerprint density at radius 1 is 1.05 bits per heavy atom. The number of piperidine rings is 1. The van der Waals surface area contributed by atoms with Crippen LogP contribution < -0.4 is 0 Å². The number of carboxylic acids is 2. The zero-order valence-electron chi connectivity index (χ0n) is 23.8. The van der Waals surface area contributed by atoms with Crippen molar-refractivity contribution in [1.82, 2.24) is 14.8 Å². The zero-order valence-corrected chi connectivity index (χ0v) is 23.8. The summed E-state index contributed by atoms with van der Waals surface area (Å²) in [6.45, 7) is 5.63. The highest BCUT2D eigenvalue weighted by Crippen LogP contribution is 2.42. The molecule has 2 N–H and O–H groups in total. The van der Waals surface area contributed by atoms with Gasteiger partial charge >= 0.3 is 24.3 Å². The summed E-state index contributed by atoms with van der Waals surface area (Å²) in [7, 11) is 2.11. The van der Waals surface area contributed by atoms with Gasteiger partial charge in [-0.25, -0.2) is 14.0 Å². The number of likely N-dealkylation sites (tertiary alicyclic amines) is 1. The summed E-state index contributed by atoms with van der Waals surface area (Å²) in [6, 6.07) is 8.80. The number of ether oxygens (including phenoxy) is 1. The van der Waals surface area contributed by atoms with Gasteiger partial charge in [0.05, 0.1) is 12.7 Å². The van der Waals surface area contributed by atoms with Crippen LogP contribution in [0, 0.1) is 18.2 Å². The Morgan fingerprint density at radius 3 is 2.09 bits per heavy atom. The van der Waals surface area contributed by atoms with E-state index in [0.29, 0.717) is 24.2 Å². The van der Waals surface area contributed by atoms with Crippen molar-refractivity contribution in [2.75, 3.05) is 33.3 Å². The lowest BCUT2D eigenvalue weighted by molar-refractivity contribution is -0.193. The van der Waals surface area contributed by atoms with Crippen LogP contribution >= 0.6 is 0 Å². The number of halogens is 7. The monoisotopic (exact) mass is 639 g/mol. The van der Waals surface area contributed by atoms with E-state index in [2.05, 4.69) is 23.0 Å². The van der Waals surface area contributed by atoms with E-state index in [0.717, 1.165) is 39.0 Å². The molecule has 44 heavy (non-hydrogen) atoms. The van der Waals surface area contributed by atoms with Crippen LogP contribution in [0.2, 0.25) is 0 Å². The van der Waals surface area contributed by atoms with E-state index in [4.69, 9.17) is 24.5 Å². The molecule has 1 amide bonds. The molecule has 0 saturated carbocycles. The van der Waals surface area contributed by atoms with Crippen molar-refractivity contribution >= 4 is 17.8 Å². The van der Waals surface area contributed by atoms with Crippen LogP contribution in [0.1, 0.15) is 40.7 Å². The molecule has 16 heteroatoms. The van der Waals surface area contributed by atoms with Gasteiger partial charge in [0.1, 0.15) is 5.82 Å². The van der Waals surface area contributed by atoms with Gasteiger partial charge in [-0.15, -0.1) is 0 Å². The fraction of sp³-hybridized carbons (Fsp3) is 0.500. The van der Waals surface area contributed by atoms with Gasteiger partial charge in [-0.05, 0) is 68.0 Å². The van der Waals surface area contributed by atoms with Gasteiger partial charge in [-0.2, -0.15) is 26.3 Å². The van der Waals surface area contributed by atoms with Gasteiger partial charge in [0, 0.05) is 44.1 Å². The molecule has 2 saturated heterocycles. The molecule has 1 atom stereocenters. The molecule has 1 spiro atoms. The number of aromatic nitrogens is 1. The van der Waals surface area contributed by atoms with E-state index < -0.39 is 24.3 Å². The number of aryl methyl sites for hydroxylation is 1. The number of nitrogens with zero attached hydrogens (tertiary/aromatic N) is 3. The predicted molar refractivity (Wildman–Crippen MR) is 141 cm³/mol. The lowest BCUT2D eigenvalue weighted by Gasteiger charge is -2.38. The summed E-state index contributed by atoms with van der Waals surface area (Å²) in [5, 5.41) is 14.2. The molecule has 1 unspecified atom stereocenters. The van der Waals surface area contributed by atoms with Crippen molar-refractivity contribution in [1.29, 1.82) is 0 Å². The summed E-state index contributed by atoms with van der Waals surface area (Å²) in [4.78, 5) is 38.9. The molecule has 2 aliphatic rings. The molecule has 3 heterocycles. The molecule has 2 aromatic rings. The van der Waals surface area contributed by atoms with Gasteiger partial charge in [0.15, 0.2) is 0 Å². The van der Waals surface area contributed by atoms with Crippen LogP contribution in [0.25, 0.3) is 0 Å². The number of rotatable bonds is 5. The van der Waals surface area contributed by atoms with Crippen LogP contribution in [-0.2, 0) is 20.9 Å². The minimum atomic E-state index is -5.08. The lowest BCUT2D eigenvalue weighted by Crippen LogP contribution is -2.43. The Kier molecular flexibility index (Phi) is 12.6. The molecule has 1 aromatic carbocycles. The molecule has 9 nitrogen and oxygen atoms in total. The minimum Gasteiger partial charge on any atom is -0.475 e. The Hall–Kier alpha value is -3.79. The van der Waals surface area contributed by atoms with Crippen molar-refractivity contribution in [2.45, 2.75) is 51.2 Å². The summed E-state index contributed by atoms with van der Waals surface area (Å²) in [6.07, 6.45) is -3.34. The summed E-state index contributed by atoms with van der Waals surface area (Å²) >= 11 is 0. The maximum atomic E-state index is 13.8. The highest BCUT2D eigenvalue weighted by Gasteiger charge is 2.43. The van der Waals surface area contributed by atoms with Gasteiger partial charge in [0.25, 0.3) is 5.91 Å². The largest absolute Gasteiger partial charge is 0.490 e. The standard InChI is InChI=1S/C24H30FN3O2.2C2HF3O2/c1-18-5-6-20(12-22(18)25)23(29)28-10-7-24(8-11-28)13-21(30-17-24)16-27(2)15-19-4-3-9-26-14-19;2*3-2(4,5)1(6)7/h3-6,9,12,14,21H,7-8,10-11,13,15-17H2,1-2H3;2*(H,6,7). The van der Waals surface area contributed by atoms with Gasteiger partial charge in [0.2, 0.25) is 0 Å². The second kappa shape index (κ2) is 15.3. The number of carbonyl (C=O) groups excluding carboxylic acids is 1. The minimum absolute atomic E-state index is 0.0737. The van der Waals surface area contributed by atoms with Crippen molar-refractivity contribution in [3.8, 4) is 0 Å². The Bertz CT molecular complexity index is 1240. The third-order valence-electron chi connectivity index (χ3n) is 6.99. The smallest absolute Gasteiger partial charge is 0.475 e. The molecule has 0 radical (unpaired) electrons. The average Bonchev–Trinajstić information content (AvgIpc) is 3.31. The molecule has 4 rings (SSSR count). The van der Waals surface area contributed by atoms with E-state index in [-0.39, 0.29) is 23.2 Å². The topological polar surface area (TPSA) is 120 Å². The first-order chi connectivity index (χ1) is 20.3. The molecule has 244 valence electrons. The Balaban J connectivity index is 0.000000402. The molecular formula is C28H32F7N3O6. The highest BCUT2D eigenvalue weighted by molar-refractivity contribution is 5.94. The molecule has 0 bridgehead atoms. The van der Waals surface area contributed by atoms with Crippen molar-refractivity contribution in [3.63, 3.8) is 0 Å². The number of benzene rings is 1. The first-order valence-corrected chi connectivity index (χ1v) is 13.2. The normalized spacial score (nSPS) is 17.8. The quantitative estimate of drug-likeness (QED) is 0.442. The number of carboxylic acid groups (broad SMARTS) is 2. The summed E-state index contributed by atoms with van der Waals surface area (Å²) in [5.41, 5.74) is 2.36. The van der Waals surface area contributed by atoms with Crippen molar-refractivity contribution in [2.24, 2.45) is 5.41 Å². The van der Waals surface area contributed by atoms with Crippen molar-refractivity contribution in [3.05, 3.63) is 65.2 Å². The third kappa shape index (κ3) is 11.4. The Morgan fingerprint density at radius 2 is 1.61 bits per heavy atom. The maximum absolute atomic E-state index is 13.8. The first-order valence-electron chi connectivity index (χ1n) is 13.2. The predicted octanol–water partition coefficient (Wildman–Crippen LogP) is 4.94. The number of aliphatic carboxylic acids is 2. The molecular weight excluding hydrogens is 607 g/mol. The Labute approximate surface area is 248 Å². The number of pyridine rings is 1. The van der Waals surface area contributed by atoms with E-state index >= 15 is 0 Å². The first kappa shape index (κ1) is 36.4. The molecule has 0 aliphatic carbocycles. The second-order valence-electron chi connectivity index (χ2n) is 10.6. The fourth-order valence-corrected chi connectivity index (χ4v) is 4.67. The fourth-order valence-electron chi connectivity index (χ4n) is 4.67. The molecule has 2 fully saturated rings. The summed E-state index contributed by atoms with van der Waals surface area (Å²) < 4.78 is 83.5. The third-order valence-corrected chi connectivity index (χ3v) is 6.99. The van der Waals surface area contributed by atoms with Crippen molar-refractivity contribution < 1.29 is 60.1 Å². The van der Waals surface area contributed by atoms with E-state index in [1.54, 1.807) is 25.3 Å². The van der Waals surface area contributed by atoms with Crippen LogP contribution in [0.3, 0.4) is 0 Å². The molecule has 1 aromatic heterocycles. The highest BCUT2D eigenvalue weighted by atomic mass is 19.4. The van der Waals surface area contributed by atoms with Crippen LogP contribution in [0.5, 0.6) is 0 Å². The number of hydrogen-bond acceptors (Lipinski definition) is 6. The lowest BCUT2D eigenvalue weighted by atomic mass is 9.76. The van der Waals surface area contributed by atoms with E-state index in [1.807, 2.05) is 17.2 Å². The second-order valence-corrected chi connectivity index (χ2v) is 10.6. The maximum Gasteiger partial charge on any atom is 0.490 e. The van der Waals surface area contributed by atoms with Crippen LogP contribution in [0.4, 0.5) is 30.7 Å². The van der Waals surface area contributed by atoms with Gasteiger partial charge < -0.3 is 19.8 Å². The summed E-state index contributed by atoms with van der Waals surface area (Å²) in [5.74, 6) is -5.91. The number of likely N-dealkylation sites (N-methyl/N-ethyl adjacent to an activating group) is 1. The van der Waals surface area contributed by atoms with Crippen LogP contribution in [-0.4, -0.2) is 94.6 Å². The van der Waals surface area contributed by atoms with Crippen LogP contribution in [0.15, 0.2) is 42.7 Å². The average molecular weight is 640 g/mol. The SMILES string of the molecule is Cc1ccc(C(=O)N2CCC3(CC2)COC(CN(C)Cc2cccnc2)C3)cc1F.O=C(O)C(F)(F)F.O=C(O)C(F)(F)F.